The maximum Gasteiger partial charge on any atom is -0.0231 e. The predicted octanol–water partition coefficient (Wildman–Crippen LogP) is 3.78. The van der Waals surface area contributed by atoms with Gasteiger partial charge in [-0.1, -0.05) is 31.4 Å². The Morgan fingerprint density at radius 1 is 1.00 bits per heavy atom. The molecule has 0 aromatic carbocycles. The Bertz CT molecular complexity index is 169. The zero-order valence-electron chi connectivity index (χ0n) is 8.13. The highest BCUT2D eigenvalue weighted by atomic mass is 14.4. The Morgan fingerprint density at radius 2 is 1.83 bits per heavy atom. The summed E-state index contributed by atoms with van der Waals surface area (Å²) in [5.74, 6) is 3.14. The normalized spacial score (nSPS) is 41.9. The first-order valence-electron chi connectivity index (χ1n) is 5.53. The van der Waals surface area contributed by atoms with E-state index >= 15 is 0 Å². The van der Waals surface area contributed by atoms with Crippen LogP contribution >= 0.6 is 0 Å². The molecule has 0 aromatic heterocycles. The van der Waals surface area contributed by atoms with Gasteiger partial charge in [-0.2, -0.15) is 0 Å². The van der Waals surface area contributed by atoms with E-state index in [1.807, 2.05) is 0 Å². The van der Waals surface area contributed by atoms with E-state index < -0.39 is 0 Å². The van der Waals surface area contributed by atoms with Crippen LogP contribution in [-0.4, -0.2) is 0 Å². The van der Waals surface area contributed by atoms with E-state index in [4.69, 9.17) is 0 Å². The number of hydrogen-bond acceptors (Lipinski definition) is 0. The molecular formula is C12H20. The third kappa shape index (κ3) is 1.57. The summed E-state index contributed by atoms with van der Waals surface area (Å²) in [7, 11) is 0. The highest BCUT2D eigenvalue weighted by Crippen LogP contribution is 2.44. The minimum absolute atomic E-state index is 0.925. The fraction of sp³-hybridized carbons (Fsp3) is 0.833. The van der Waals surface area contributed by atoms with E-state index in [0.717, 1.165) is 17.8 Å². The molecule has 0 N–H and O–H groups in total. The summed E-state index contributed by atoms with van der Waals surface area (Å²) in [6, 6.07) is 0. The van der Waals surface area contributed by atoms with Crippen LogP contribution in [0.3, 0.4) is 0 Å². The lowest BCUT2D eigenvalue weighted by atomic mass is 9.76. The molecule has 68 valence electrons. The predicted molar refractivity (Wildman–Crippen MR) is 53.0 cm³/mol. The van der Waals surface area contributed by atoms with Gasteiger partial charge in [0, 0.05) is 0 Å². The lowest BCUT2D eigenvalue weighted by Crippen LogP contribution is -2.19. The smallest absolute Gasteiger partial charge is 0.0231 e. The molecule has 2 saturated carbocycles. The minimum atomic E-state index is 0.925. The summed E-state index contributed by atoms with van der Waals surface area (Å²) >= 11 is 0. The summed E-state index contributed by atoms with van der Waals surface area (Å²) < 4.78 is 0. The number of fused-ring (bicyclic) bond motifs is 1. The van der Waals surface area contributed by atoms with Crippen molar-refractivity contribution in [1.29, 1.82) is 0 Å². The van der Waals surface area contributed by atoms with E-state index in [0.29, 0.717) is 0 Å². The van der Waals surface area contributed by atoms with Gasteiger partial charge in [0.1, 0.15) is 0 Å². The van der Waals surface area contributed by atoms with Crippen molar-refractivity contribution in [2.75, 3.05) is 0 Å². The van der Waals surface area contributed by atoms with Crippen molar-refractivity contribution in [2.45, 2.75) is 45.4 Å². The first kappa shape index (κ1) is 8.34. The molecule has 0 spiro atoms. The van der Waals surface area contributed by atoms with Gasteiger partial charge in [0.15, 0.2) is 0 Å². The van der Waals surface area contributed by atoms with Crippen molar-refractivity contribution in [3.63, 3.8) is 0 Å². The molecule has 0 bridgehead atoms. The van der Waals surface area contributed by atoms with Crippen LogP contribution in [0.25, 0.3) is 0 Å². The molecule has 0 saturated heterocycles. The summed E-state index contributed by atoms with van der Waals surface area (Å²) in [6.07, 6.45) is 13.7. The van der Waals surface area contributed by atoms with Crippen LogP contribution < -0.4 is 0 Å². The first-order chi connectivity index (χ1) is 5.90. The molecule has 3 atom stereocenters. The van der Waals surface area contributed by atoms with E-state index in [9.17, 15) is 0 Å². The summed E-state index contributed by atoms with van der Waals surface area (Å²) in [6.45, 7) is 2.15. The van der Waals surface area contributed by atoms with Gasteiger partial charge in [-0.25, -0.2) is 0 Å². The summed E-state index contributed by atoms with van der Waals surface area (Å²) in [4.78, 5) is 0. The van der Waals surface area contributed by atoms with Gasteiger partial charge < -0.3 is 0 Å². The SMILES string of the molecule is C/C=C/C1CCC2CCCC2C1. The molecule has 2 aliphatic rings. The number of allylic oxidation sites excluding steroid dienone is 2. The highest BCUT2D eigenvalue weighted by molar-refractivity contribution is 4.93. The molecule has 2 aliphatic carbocycles. The molecule has 0 radical (unpaired) electrons. The lowest BCUT2D eigenvalue weighted by Gasteiger charge is -2.30. The molecule has 0 aliphatic heterocycles. The van der Waals surface area contributed by atoms with Crippen LogP contribution in [-0.2, 0) is 0 Å². The summed E-state index contributed by atoms with van der Waals surface area (Å²) in [5.41, 5.74) is 0. The first-order valence-corrected chi connectivity index (χ1v) is 5.53. The monoisotopic (exact) mass is 164 g/mol. The van der Waals surface area contributed by atoms with Gasteiger partial charge in [-0.3, -0.25) is 0 Å². The highest BCUT2D eigenvalue weighted by Gasteiger charge is 2.32. The molecule has 2 rings (SSSR count). The Labute approximate surface area is 76.1 Å². The fourth-order valence-corrected chi connectivity index (χ4v) is 3.19. The molecule has 0 heterocycles. The topological polar surface area (TPSA) is 0 Å². The van der Waals surface area contributed by atoms with Crippen LogP contribution in [0.15, 0.2) is 12.2 Å². The summed E-state index contributed by atoms with van der Waals surface area (Å²) in [5, 5.41) is 0. The van der Waals surface area contributed by atoms with Gasteiger partial charge in [0.05, 0.1) is 0 Å². The number of rotatable bonds is 1. The van der Waals surface area contributed by atoms with Crippen LogP contribution in [0.2, 0.25) is 0 Å². The Balaban J connectivity index is 1.92. The third-order valence-electron chi connectivity index (χ3n) is 3.79. The van der Waals surface area contributed by atoms with Gasteiger partial charge in [-0.15, -0.1) is 0 Å². The van der Waals surface area contributed by atoms with Crippen molar-refractivity contribution >= 4 is 0 Å². The minimum Gasteiger partial charge on any atom is -0.0914 e. The van der Waals surface area contributed by atoms with Crippen LogP contribution in [0, 0.1) is 17.8 Å². The van der Waals surface area contributed by atoms with Gasteiger partial charge in [-0.05, 0) is 43.9 Å². The largest absolute Gasteiger partial charge is 0.0914 e. The lowest BCUT2D eigenvalue weighted by molar-refractivity contribution is 0.236. The van der Waals surface area contributed by atoms with Crippen molar-refractivity contribution in [2.24, 2.45) is 17.8 Å². The van der Waals surface area contributed by atoms with Crippen molar-refractivity contribution in [3.05, 3.63) is 12.2 Å². The molecular weight excluding hydrogens is 144 g/mol. The zero-order chi connectivity index (χ0) is 8.39. The second-order valence-electron chi connectivity index (χ2n) is 4.55. The molecule has 2 fully saturated rings. The van der Waals surface area contributed by atoms with Crippen LogP contribution in [0.1, 0.15) is 45.4 Å². The zero-order valence-corrected chi connectivity index (χ0v) is 8.13. The Hall–Kier alpha value is -0.260. The Kier molecular flexibility index (Phi) is 2.53. The molecule has 0 amide bonds. The molecule has 3 unspecified atom stereocenters. The maximum atomic E-state index is 2.43. The Morgan fingerprint density at radius 3 is 2.67 bits per heavy atom. The molecule has 0 heteroatoms. The van der Waals surface area contributed by atoms with Crippen molar-refractivity contribution in [3.8, 4) is 0 Å². The van der Waals surface area contributed by atoms with Crippen molar-refractivity contribution < 1.29 is 0 Å². The quantitative estimate of drug-likeness (QED) is 0.517. The standard InChI is InChI=1S/C12H20/c1-2-4-10-7-8-11-5-3-6-12(11)9-10/h2,4,10-12H,3,5-9H2,1H3/b4-2+. The van der Waals surface area contributed by atoms with E-state index in [-0.39, 0.29) is 0 Å². The average molecular weight is 164 g/mol. The molecule has 0 nitrogen and oxygen atoms in total. The molecule has 12 heavy (non-hydrogen) atoms. The fourth-order valence-electron chi connectivity index (χ4n) is 3.19. The second kappa shape index (κ2) is 3.64. The van der Waals surface area contributed by atoms with E-state index in [1.165, 1.54) is 38.5 Å². The average Bonchev–Trinajstić information content (AvgIpc) is 2.51. The second-order valence-corrected chi connectivity index (χ2v) is 4.55. The number of hydrogen-bond donors (Lipinski definition) is 0. The van der Waals surface area contributed by atoms with E-state index in [2.05, 4.69) is 19.1 Å². The third-order valence-corrected chi connectivity index (χ3v) is 3.79. The van der Waals surface area contributed by atoms with Crippen LogP contribution in [0.4, 0.5) is 0 Å². The maximum absolute atomic E-state index is 2.43. The molecule has 0 aromatic rings. The van der Waals surface area contributed by atoms with Crippen LogP contribution in [0.5, 0.6) is 0 Å². The van der Waals surface area contributed by atoms with Gasteiger partial charge in [0.25, 0.3) is 0 Å². The van der Waals surface area contributed by atoms with Crippen molar-refractivity contribution in [1.82, 2.24) is 0 Å². The van der Waals surface area contributed by atoms with Gasteiger partial charge >= 0.3 is 0 Å². The van der Waals surface area contributed by atoms with Gasteiger partial charge in [0.2, 0.25) is 0 Å². The van der Waals surface area contributed by atoms with E-state index in [1.54, 1.807) is 0 Å².